The molecule has 1 aliphatic rings. The van der Waals surface area contributed by atoms with Crippen molar-refractivity contribution in [1.82, 2.24) is 9.80 Å². The molecule has 0 amide bonds. The van der Waals surface area contributed by atoms with E-state index in [2.05, 4.69) is 62.0 Å². The molecule has 1 aromatic rings. The quantitative estimate of drug-likeness (QED) is 0.789. The van der Waals surface area contributed by atoms with Crippen LogP contribution in [-0.4, -0.2) is 55.3 Å². The second-order valence-corrected chi connectivity index (χ2v) is 6.81. The van der Waals surface area contributed by atoms with Crippen LogP contribution in [0.1, 0.15) is 25.3 Å². The van der Waals surface area contributed by atoms with Crippen LogP contribution in [-0.2, 0) is 0 Å². The fraction of sp³-hybridized carbons (Fsp3) is 0.625. The summed E-state index contributed by atoms with van der Waals surface area (Å²) in [5, 5.41) is 0. The second-order valence-electron chi connectivity index (χ2n) is 5.74. The first-order valence-electron chi connectivity index (χ1n) is 7.22. The molecule has 1 aromatic carbocycles. The molecule has 2 atom stereocenters. The standard InChI is InChI=1S/C16H26N2S/c1-5-18(13(2)10-17(3)4)11-14-12-19-16-9-7-6-8-15(14)16/h6-9,13-14H,5,10-12H2,1-4H3. The van der Waals surface area contributed by atoms with Gasteiger partial charge in [0.25, 0.3) is 0 Å². The number of hydrogen-bond donors (Lipinski definition) is 0. The Balaban J connectivity index is 2.00. The Hall–Kier alpha value is -0.510. The van der Waals surface area contributed by atoms with Crippen molar-refractivity contribution in [3.8, 4) is 0 Å². The van der Waals surface area contributed by atoms with Crippen molar-refractivity contribution in [3.05, 3.63) is 29.8 Å². The number of nitrogens with zero attached hydrogens (tertiary/aromatic N) is 2. The molecule has 0 saturated heterocycles. The van der Waals surface area contributed by atoms with Gasteiger partial charge in [-0.15, -0.1) is 11.8 Å². The highest BCUT2D eigenvalue weighted by Gasteiger charge is 2.26. The maximum absolute atomic E-state index is 2.62. The molecule has 1 aliphatic heterocycles. The Morgan fingerprint density at radius 3 is 2.74 bits per heavy atom. The Bertz CT molecular complexity index is 405. The fourth-order valence-corrected chi connectivity index (χ4v) is 4.17. The van der Waals surface area contributed by atoms with Crippen LogP contribution in [0.3, 0.4) is 0 Å². The van der Waals surface area contributed by atoms with E-state index in [0.717, 1.165) is 13.1 Å². The van der Waals surface area contributed by atoms with Gasteiger partial charge in [0, 0.05) is 35.7 Å². The number of hydrogen-bond acceptors (Lipinski definition) is 3. The van der Waals surface area contributed by atoms with Gasteiger partial charge in [-0.2, -0.15) is 0 Å². The molecule has 1 heterocycles. The SMILES string of the molecule is CCN(CC1CSc2ccccc21)C(C)CN(C)C. The van der Waals surface area contributed by atoms with E-state index in [1.54, 1.807) is 5.56 Å². The Morgan fingerprint density at radius 2 is 2.05 bits per heavy atom. The summed E-state index contributed by atoms with van der Waals surface area (Å²) in [7, 11) is 4.32. The van der Waals surface area contributed by atoms with Crippen LogP contribution in [0.4, 0.5) is 0 Å². The normalized spacial score (nSPS) is 20.0. The maximum Gasteiger partial charge on any atom is 0.0194 e. The summed E-state index contributed by atoms with van der Waals surface area (Å²) in [5.74, 6) is 1.94. The van der Waals surface area contributed by atoms with Gasteiger partial charge in [-0.05, 0) is 39.2 Å². The third kappa shape index (κ3) is 3.74. The van der Waals surface area contributed by atoms with E-state index < -0.39 is 0 Å². The lowest BCUT2D eigenvalue weighted by atomic mass is 10.00. The van der Waals surface area contributed by atoms with E-state index in [9.17, 15) is 0 Å². The van der Waals surface area contributed by atoms with Gasteiger partial charge in [0.1, 0.15) is 0 Å². The van der Waals surface area contributed by atoms with Crippen molar-refractivity contribution in [2.45, 2.75) is 30.7 Å². The van der Waals surface area contributed by atoms with Crippen LogP contribution in [0.25, 0.3) is 0 Å². The lowest BCUT2D eigenvalue weighted by Crippen LogP contribution is -2.42. The van der Waals surface area contributed by atoms with Crippen LogP contribution in [0.5, 0.6) is 0 Å². The molecule has 0 fully saturated rings. The van der Waals surface area contributed by atoms with Crippen molar-refractivity contribution in [2.24, 2.45) is 0 Å². The molecule has 0 saturated carbocycles. The van der Waals surface area contributed by atoms with Gasteiger partial charge in [0.2, 0.25) is 0 Å². The largest absolute Gasteiger partial charge is 0.308 e. The summed E-state index contributed by atoms with van der Waals surface area (Å²) >= 11 is 2.02. The van der Waals surface area contributed by atoms with Crippen LogP contribution >= 0.6 is 11.8 Å². The van der Waals surface area contributed by atoms with Gasteiger partial charge in [-0.3, -0.25) is 4.90 Å². The first-order valence-corrected chi connectivity index (χ1v) is 8.20. The first kappa shape index (κ1) is 14.9. The minimum absolute atomic E-state index is 0.623. The zero-order valence-electron chi connectivity index (χ0n) is 12.6. The van der Waals surface area contributed by atoms with E-state index in [-0.39, 0.29) is 0 Å². The van der Waals surface area contributed by atoms with Gasteiger partial charge in [-0.1, -0.05) is 25.1 Å². The molecule has 0 radical (unpaired) electrons. The predicted octanol–water partition coefficient (Wildman–Crippen LogP) is 3.15. The highest BCUT2D eigenvalue weighted by molar-refractivity contribution is 7.99. The van der Waals surface area contributed by atoms with Gasteiger partial charge >= 0.3 is 0 Å². The molecule has 0 aromatic heterocycles. The highest BCUT2D eigenvalue weighted by atomic mass is 32.2. The average molecular weight is 278 g/mol. The second kappa shape index (κ2) is 6.78. The van der Waals surface area contributed by atoms with E-state index in [1.165, 1.54) is 17.2 Å². The first-order chi connectivity index (χ1) is 9.11. The summed E-state index contributed by atoms with van der Waals surface area (Å²) in [4.78, 5) is 6.39. The number of likely N-dealkylation sites (N-methyl/N-ethyl adjacent to an activating group) is 2. The minimum Gasteiger partial charge on any atom is -0.308 e. The molecule has 2 rings (SSSR count). The molecule has 0 spiro atoms. The summed E-state index contributed by atoms with van der Waals surface area (Å²) < 4.78 is 0. The monoisotopic (exact) mass is 278 g/mol. The van der Waals surface area contributed by atoms with Crippen molar-refractivity contribution in [2.75, 3.05) is 39.5 Å². The van der Waals surface area contributed by atoms with E-state index in [4.69, 9.17) is 0 Å². The van der Waals surface area contributed by atoms with Crippen molar-refractivity contribution >= 4 is 11.8 Å². The van der Waals surface area contributed by atoms with E-state index in [1.807, 2.05) is 11.8 Å². The number of rotatable bonds is 6. The van der Waals surface area contributed by atoms with E-state index in [0.29, 0.717) is 12.0 Å². The van der Waals surface area contributed by atoms with Crippen LogP contribution in [0.15, 0.2) is 29.2 Å². The van der Waals surface area contributed by atoms with Crippen molar-refractivity contribution < 1.29 is 0 Å². The van der Waals surface area contributed by atoms with Crippen LogP contribution in [0, 0.1) is 0 Å². The molecule has 0 bridgehead atoms. The lowest BCUT2D eigenvalue weighted by Gasteiger charge is -2.32. The molecule has 2 unspecified atom stereocenters. The molecular formula is C16H26N2S. The molecule has 3 heteroatoms. The Morgan fingerprint density at radius 1 is 1.32 bits per heavy atom. The zero-order valence-corrected chi connectivity index (χ0v) is 13.4. The number of fused-ring (bicyclic) bond motifs is 1. The van der Waals surface area contributed by atoms with Gasteiger partial charge in [0.15, 0.2) is 0 Å². The average Bonchev–Trinajstić information content (AvgIpc) is 2.78. The molecular weight excluding hydrogens is 252 g/mol. The number of benzene rings is 1. The Kier molecular flexibility index (Phi) is 5.31. The van der Waals surface area contributed by atoms with E-state index >= 15 is 0 Å². The van der Waals surface area contributed by atoms with Crippen molar-refractivity contribution in [1.29, 1.82) is 0 Å². The van der Waals surface area contributed by atoms with Crippen molar-refractivity contribution in [3.63, 3.8) is 0 Å². The topological polar surface area (TPSA) is 6.48 Å². The smallest absolute Gasteiger partial charge is 0.0194 e. The number of thioether (sulfide) groups is 1. The minimum atomic E-state index is 0.623. The van der Waals surface area contributed by atoms with Gasteiger partial charge in [0.05, 0.1) is 0 Å². The molecule has 2 nitrogen and oxygen atoms in total. The maximum atomic E-state index is 2.62. The fourth-order valence-electron chi connectivity index (χ4n) is 2.93. The molecule has 0 N–H and O–H groups in total. The summed E-state index contributed by atoms with van der Waals surface area (Å²) in [6.07, 6.45) is 0. The molecule has 0 aliphatic carbocycles. The zero-order chi connectivity index (χ0) is 13.8. The summed E-state index contributed by atoms with van der Waals surface area (Å²) in [5.41, 5.74) is 1.56. The summed E-state index contributed by atoms with van der Waals surface area (Å²) in [6.45, 7) is 8.08. The lowest BCUT2D eigenvalue weighted by molar-refractivity contribution is 0.175. The third-order valence-electron chi connectivity index (χ3n) is 3.91. The van der Waals surface area contributed by atoms with Crippen LogP contribution in [0.2, 0.25) is 0 Å². The summed E-state index contributed by atoms with van der Waals surface area (Å²) in [6, 6.07) is 9.53. The predicted molar refractivity (Wildman–Crippen MR) is 85.2 cm³/mol. The molecule has 19 heavy (non-hydrogen) atoms. The van der Waals surface area contributed by atoms with Gasteiger partial charge < -0.3 is 4.90 Å². The third-order valence-corrected chi connectivity index (χ3v) is 5.16. The highest BCUT2D eigenvalue weighted by Crippen LogP contribution is 2.39. The van der Waals surface area contributed by atoms with Crippen LogP contribution < -0.4 is 0 Å². The Labute approximate surface area is 122 Å². The molecule has 106 valence electrons. The van der Waals surface area contributed by atoms with Gasteiger partial charge in [-0.25, -0.2) is 0 Å².